The van der Waals surface area contributed by atoms with Crippen molar-refractivity contribution in [3.8, 4) is 5.75 Å². The van der Waals surface area contributed by atoms with E-state index in [0.29, 0.717) is 45.5 Å². The van der Waals surface area contributed by atoms with Gasteiger partial charge in [-0.25, -0.2) is 9.48 Å². The predicted octanol–water partition coefficient (Wildman–Crippen LogP) is 7.41. The highest BCUT2D eigenvalue weighted by molar-refractivity contribution is 9.10. The Hall–Kier alpha value is -2.49. The number of halogens is 2. The van der Waals surface area contributed by atoms with Gasteiger partial charge in [-0.3, -0.25) is 0 Å². The van der Waals surface area contributed by atoms with Gasteiger partial charge in [0.2, 0.25) is 11.1 Å². The number of aromatic nitrogens is 3. The molecule has 1 atom stereocenters. The summed E-state index contributed by atoms with van der Waals surface area (Å²) in [5, 5.41) is 9.35. The Bertz CT molecular complexity index is 1310. The average molecular weight is 606 g/mol. The number of esters is 1. The summed E-state index contributed by atoms with van der Waals surface area (Å²) in [5.41, 5.74) is 2.93. The third-order valence-corrected chi connectivity index (χ3v) is 7.48. The summed E-state index contributed by atoms with van der Waals surface area (Å²) >= 11 is 11.4. The summed E-state index contributed by atoms with van der Waals surface area (Å²) in [6, 6.07) is 13.0. The van der Waals surface area contributed by atoms with Gasteiger partial charge in [0.15, 0.2) is 0 Å². The van der Waals surface area contributed by atoms with Crippen molar-refractivity contribution in [3.63, 3.8) is 0 Å². The molecule has 3 aromatic rings. The highest BCUT2D eigenvalue weighted by Crippen LogP contribution is 2.41. The van der Waals surface area contributed by atoms with Crippen molar-refractivity contribution in [2.45, 2.75) is 63.6 Å². The molecule has 0 bridgehead atoms. The van der Waals surface area contributed by atoms with Gasteiger partial charge in [-0.2, -0.15) is 4.98 Å². The summed E-state index contributed by atoms with van der Waals surface area (Å²) in [6.07, 6.45) is 1.68. The molecule has 1 aliphatic heterocycles. The van der Waals surface area contributed by atoms with E-state index >= 15 is 0 Å². The van der Waals surface area contributed by atoms with Gasteiger partial charge in [0.25, 0.3) is 0 Å². The maximum Gasteiger partial charge on any atom is 0.338 e. The van der Waals surface area contributed by atoms with Crippen LogP contribution in [-0.4, -0.2) is 33.4 Å². The van der Waals surface area contributed by atoms with Crippen LogP contribution in [0.4, 0.5) is 5.95 Å². The van der Waals surface area contributed by atoms with Gasteiger partial charge in [0.1, 0.15) is 11.8 Å². The second-order valence-electron chi connectivity index (χ2n) is 8.95. The number of hydrogen-bond donors (Lipinski definition) is 1. The van der Waals surface area contributed by atoms with Crippen LogP contribution in [0.1, 0.15) is 57.7 Å². The smallest absolute Gasteiger partial charge is 0.338 e. The van der Waals surface area contributed by atoms with Gasteiger partial charge in [-0.1, -0.05) is 70.8 Å². The molecule has 1 unspecified atom stereocenters. The molecule has 2 aromatic carbocycles. The Morgan fingerprint density at radius 3 is 2.78 bits per heavy atom. The molecule has 0 radical (unpaired) electrons. The van der Waals surface area contributed by atoms with Crippen molar-refractivity contribution in [1.29, 1.82) is 0 Å². The molecule has 0 amide bonds. The third kappa shape index (κ3) is 6.51. The van der Waals surface area contributed by atoms with E-state index in [1.165, 1.54) is 11.8 Å². The molecule has 196 valence electrons. The van der Waals surface area contributed by atoms with Crippen LogP contribution in [0, 0.1) is 0 Å². The van der Waals surface area contributed by atoms with Gasteiger partial charge in [-0.05, 0) is 57.0 Å². The highest BCUT2D eigenvalue weighted by atomic mass is 79.9. The molecule has 0 spiro atoms. The number of nitrogens with one attached hydrogen (secondary N) is 1. The molecule has 1 N–H and O–H groups in total. The number of allylic oxidation sites excluding steroid dienone is 1. The van der Waals surface area contributed by atoms with Crippen molar-refractivity contribution in [2.75, 3.05) is 11.9 Å². The number of unbranched alkanes of at least 4 members (excludes halogenated alkanes) is 1. The maximum atomic E-state index is 13.4. The lowest BCUT2D eigenvalue weighted by Crippen LogP contribution is -2.31. The van der Waals surface area contributed by atoms with Crippen molar-refractivity contribution in [1.82, 2.24) is 14.8 Å². The minimum Gasteiger partial charge on any atom is -0.493 e. The Kier molecular flexibility index (Phi) is 9.21. The van der Waals surface area contributed by atoms with Crippen LogP contribution in [0.25, 0.3) is 0 Å². The molecule has 0 fully saturated rings. The van der Waals surface area contributed by atoms with Gasteiger partial charge in [-0.15, -0.1) is 5.10 Å². The van der Waals surface area contributed by atoms with E-state index in [-0.39, 0.29) is 6.10 Å². The fourth-order valence-corrected chi connectivity index (χ4v) is 5.46. The van der Waals surface area contributed by atoms with Crippen LogP contribution in [0.5, 0.6) is 5.75 Å². The molecule has 4 rings (SSSR count). The number of hydrogen-bond acceptors (Lipinski definition) is 7. The SMILES string of the molecule is CCCCOc1ccc(Br)cc1C1C(C(=O)OC(C)C)=C(C)Nc2nc(SCc3ccccc3Cl)nn21. The number of nitrogens with zero attached hydrogens (tertiary/aromatic N) is 3. The normalized spacial score (nSPS) is 14.9. The van der Waals surface area contributed by atoms with E-state index in [2.05, 4.69) is 28.2 Å². The summed E-state index contributed by atoms with van der Waals surface area (Å²) in [6.45, 7) is 8.22. The Morgan fingerprint density at radius 2 is 2.05 bits per heavy atom. The number of anilines is 1. The molecular formula is C27H30BrClN4O3S. The lowest BCUT2D eigenvalue weighted by molar-refractivity contribution is -0.143. The number of carbonyl (C=O) groups is 1. The summed E-state index contributed by atoms with van der Waals surface area (Å²) in [5.74, 6) is 1.45. The molecule has 37 heavy (non-hydrogen) atoms. The van der Waals surface area contributed by atoms with Gasteiger partial charge >= 0.3 is 5.97 Å². The minimum absolute atomic E-state index is 0.268. The third-order valence-electron chi connectivity index (χ3n) is 5.73. The molecule has 0 saturated heterocycles. The fraction of sp³-hybridized carbons (Fsp3) is 0.370. The molecule has 1 aliphatic rings. The number of carbonyl (C=O) groups excluding carboxylic acids is 1. The van der Waals surface area contributed by atoms with Gasteiger partial charge < -0.3 is 14.8 Å². The molecule has 10 heteroatoms. The fourth-order valence-electron chi connectivity index (χ4n) is 3.97. The lowest BCUT2D eigenvalue weighted by Gasteiger charge is -2.29. The van der Waals surface area contributed by atoms with Gasteiger partial charge in [0.05, 0.1) is 18.3 Å². The summed E-state index contributed by atoms with van der Waals surface area (Å²) < 4.78 is 14.4. The lowest BCUT2D eigenvalue weighted by atomic mass is 9.95. The highest BCUT2D eigenvalue weighted by Gasteiger charge is 2.37. The zero-order chi connectivity index (χ0) is 26.5. The summed E-state index contributed by atoms with van der Waals surface area (Å²) in [7, 11) is 0. The average Bonchev–Trinajstić information content (AvgIpc) is 3.25. The van der Waals surface area contributed by atoms with Crippen LogP contribution < -0.4 is 10.1 Å². The zero-order valence-electron chi connectivity index (χ0n) is 21.3. The van der Waals surface area contributed by atoms with Crippen LogP contribution in [0.3, 0.4) is 0 Å². The summed E-state index contributed by atoms with van der Waals surface area (Å²) in [4.78, 5) is 18.1. The Labute approximate surface area is 235 Å². The van der Waals surface area contributed by atoms with Crippen LogP contribution in [0.15, 0.2) is 63.4 Å². The minimum atomic E-state index is -0.584. The topological polar surface area (TPSA) is 78.3 Å². The number of fused-ring (bicyclic) bond motifs is 1. The molecule has 1 aromatic heterocycles. The first-order chi connectivity index (χ1) is 17.8. The van der Waals surface area contributed by atoms with E-state index in [1.54, 1.807) is 4.68 Å². The van der Waals surface area contributed by atoms with Crippen molar-refractivity contribution < 1.29 is 14.3 Å². The number of benzene rings is 2. The first kappa shape index (κ1) is 27.5. The van der Waals surface area contributed by atoms with E-state index < -0.39 is 12.0 Å². The first-order valence-corrected chi connectivity index (χ1v) is 14.4. The molecule has 0 saturated carbocycles. The Balaban J connectivity index is 1.76. The number of thioether (sulfide) groups is 1. The second-order valence-corrected chi connectivity index (χ2v) is 11.2. The molecule has 7 nitrogen and oxygen atoms in total. The molecule has 2 heterocycles. The van der Waals surface area contributed by atoms with Crippen molar-refractivity contribution in [3.05, 3.63) is 74.4 Å². The van der Waals surface area contributed by atoms with Crippen molar-refractivity contribution >= 4 is 51.2 Å². The van der Waals surface area contributed by atoms with E-state index in [9.17, 15) is 4.79 Å². The zero-order valence-corrected chi connectivity index (χ0v) is 24.4. The van der Waals surface area contributed by atoms with Crippen LogP contribution >= 0.6 is 39.3 Å². The monoisotopic (exact) mass is 604 g/mol. The number of rotatable bonds is 10. The van der Waals surface area contributed by atoms with Crippen LogP contribution in [0.2, 0.25) is 5.02 Å². The van der Waals surface area contributed by atoms with E-state index in [1.807, 2.05) is 63.2 Å². The standard InChI is InChI=1S/C27H30BrClN4O3S/c1-5-6-13-35-22-12-11-19(28)14-20(22)24-23(25(34)36-16(2)3)17(4)30-26-31-27(32-33(24)26)37-15-18-9-7-8-10-21(18)29/h7-12,14,16,24H,5-6,13,15H2,1-4H3,(H,30,31,32). The predicted molar refractivity (Wildman–Crippen MR) is 151 cm³/mol. The largest absolute Gasteiger partial charge is 0.493 e. The van der Waals surface area contributed by atoms with Crippen LogP contribution in [-0.2, 0) is 15.3 Å². The maximum absolute atomic E-state index is 13.4. The first-order valence-electron chi connectivity index (χ1n) is 12.2. The molecular weight excluding hydrogens is 576 g/mol. The van der Waals surface area contributed by atoms with E-state index in [0.717, 1.165) is 28.4 Å². The number of ether oxygens (including phenoxy) is 2. The van der Waals surface area contributed by atoms with Gasteiger partial charge in [0, 0.05) is 26.5 Å². The molecule has 0 aliphatic carbocycles. The van der Waals surface area contributed by atoms with Crippen molar-refractivity contribution in [2.24, 2.45) is 0 Å². The van der Waals surface area contributed by atoms with E-state index in [4.69, 9.17) is 31.2 Å². The Morgan fingerprint density at radius 1 is 1.27 bits per heavy atom. The quantitative estimate of drug-likeness (QED) is 0.146. The second kappa shape index (κ2) is 12.4.